The third kappa shape index (κ3) is 4.50. The predicted molar refractivity (Wildman–Crippen MR) is 118 cm³/mol. The van der Waals surface area contributed by atoms with E-state index < -0.39 is 0 Å². The van der Waals surface area contributed by atoms with Crippen molar-refractivity contribution < 1.29 is 4.74 Å². The summed E-state index contributed by atoms with van der Waals surface area (Å²) in [4.78, 5) is 11.9. The number of fused-ring (bicyclic) bond motifs is 1. The molecule has 4 rings (SSSR count). The minimum Gasteiger partial charge on any atom is -0.497 e. The average Bonchev–Trinajstić information content (AvgIpc) is 2.77. The molecule has 5 nitrogen and oxygen atoms in total. The predicted octanol–water partition coefficient (Wildman–Crippen LogP) is 4.78. The van der Waals surface area contributed by atoms with Crippen LogP contribution in [0.2, 0.25) is 0 Å². The van der Waals surface area contributed by atoms with E-state index in [4.69, 9.17) is 14.7 Å². The van der Waals surface area contributed by atoms with Crippen molar-refractivity contribution in [3.8, 4) is 5.75 Å². The minimum absolute atomic E-state index is 0.343. The van der Waals surface area contributed by atoms with Gasteiger partial charge in [0, 0.05) is 25.7 Å². The van der Waals surface area contributed by atoms with E-state index in [2.05, 4.69) is 54.4 Å². The lowest BCUT2D eigenvalue weighted by molar-refractivity contribution is 0.413. The van der Waals surface area contributed by atoms with Crippen molar-refractivity contribution in [2.45, 2.75) is 39.3 Å². The van der Waals surface area contributed by atoms with E-state index in [1.165, 1.54) is 16.7 Å². The molecule has 150 valence electrons. The second kappa shape index (κ2) is 8.52. The van der Waals surface area contributed by atoms with Crippen LogP contribution in [0.25, 0.3) is 0 Å². The minimum atomic E-state index is 0.343. The first-order valence-electron chi connectivity index (χ1n) is 10.2. The Bertz CT molecular complexity index is 972. The summed E-state index contributed by atoms with van der Waals surface area (Å²) in [5.41, 5.74) is 4.97. The van der Waals surface area contributed by atoms with Gasteiger partial charge in [-0.1, -0.05) is 50.2 Å². The van der Waals surface area contributed by atoms with Crippen molar-refractivity contribution in [1.29, 1.82) is 0 Å². The molecule has 2 aromatic carbocycles. The Balaban J connectivity index is 1.56. The van der Waals surface area contributed by atoms with Crippen LogP contribution in [-0.4, -0.2) is 23.6 Å². The van der Waals surface area contributed by atoms with Crippen molar-refractivity contribution in [2.24, 2.45) is 0 Å². The Labute approximate surface area is 172 Å². The molecule has 0 amide bonds. The molecule has 0 saturated carbocycles. The average molecular weight is 389 g/mol. The van der Waals surface area contributed by atoms with Crippen molar-refractivity contribution in [3.63, 3.8) is 0 Å². The largest absolute Gasteiger partial charge is 0.497 e. The Morgan fingerprint density at radius 1 is 1.03 bits per heavy atom. The van der Waals surface area contributed by atoms with Gasteiger partial charge in [0.15, 0.2) is 0 Å². The number of anilines is 2. The molecule has 1 aliphatic heterocycles. The normalized spacial score (nSPS) is 13.3. The van der Waals surface area contributed by atoms with Crippen molar-refractivity contribution in [3.05, 3.63) is 77.0 Å². The van der Waals surface area contributed by atoms with E-state index in [1.54, 1.807) is 7.11 Å². The second-order valence-electron chi connectivity index (χ2n) is 7.77. The molecule has 0 radical (unpaired) electrons. The summed E-state index contributed by atoms with van der Waals surface area (Å²) >= 11 is 0. The van der Waals surface area contributed by atoms with E-state index in [0.29, 0.717) is 18.4 Å². The van der Waals surface area contributed by atoms with E-state index >= 15 is 0 Å². The van der Waals surface area contributed by atoms with Gasteiger partial charge in [-0.3, -0.25) is 0 Å². The number of ether oxygens (including phenoxy) is 1. The number of hydrogen-bond acceptors (Lipinski definition) is 5. The molecule has 1 aliphatic rings. The zero-order chi connectivity index (χ0) is 20.2. The second-order valence-corrected chi connectivity index (χ2v) is 7.77. The summed E-state index contributed by atoms with van der Waals surface area (Å²) in [5.74, 6) is 2.94. The van der Waals surface area contributed by atoms with Gasteiger partial charge in [-0.25, -0.2) is 4.98 Å². The number of hydrogen-bond donors (Lipinski definition) is 1. The standard InChI is InChI=1S/C24H28N4O/c1-17(2)22-14-23(27-24(26-22)25-15-18-7-5-4-6-8-18)28-12-11-19-13-21(29-3)10-9-20(19)16-28/h4-10,13-14,17H,11-12,15-16H2,1-3H3,(H,25,26,27). The van der Waals surface area contributed by atoms with E-state index in [1.807, 2.05) is 24.3 Å². The quantitative estimate of drug-likeness (QED) is 0.658. The van der Waals surface area contributed by atoms with Crippen LogP contribution in [-0.2, 0) is 19.5 Å². The SMILES string of the molecule is COc1ccc2c(c1)CCN(c1cc(C(C)C)nc(NCc3ccccc3)n1)C2. The monoisotopic (exact) mass is 388 g/mol. The summed E-state index contributed by atoms with van der Waals surface area (Å²) in [7, 11) is 1.72. The van der Waals surface area contributed by atoms with Crippen LogP contribution >= 0.6 is 0 Å². The molecule has 0 spiro atoms. The van der Waals surface area contributed by atoms with Crippen LogP contribution in [0.3, 0.4) is 0 Å². The fourth-order valence-electron chi connectivity index (χ4n) is 3.62. The van der Waals surface area contributed by atoms with E-state index in [9.17, 15) is 0 Å². The lowest BCUT2D eigenvalue weighted by Crippen LogP contribution is -2.31. The van der Waals surface area contributed by atoms with Crippen LogP contribution in [0.1, 0.15) is 42.1 Å². The zero-order valence-corrected chi connectivity index (χ0v) is 17.4. The first kappa shape index (κ1) is 19.2. The van der Waals surface area contributed by atoms with Gasteiger partial charge < -0.3 is 15.0 Å². The van der Waals surface area contributed by atoms with Crippen LogP contribution in [0.4, 0.5) is 11.8 Å². The smallest absolute Gasteiger partial charge is 0.225 e. The molecule has 5 heteroatoms. The summed E-state index contributed by atoms with van der Waals surface area (Å²) < 4.78 is 5.37. The number of nitrogens with zero attached hydrogens (tertiary/aromatic N) is 3. The third-order valence-corrected chi connectivity index (χ3v) is 5.37. The van der Waals surface area contributed by atoms with Crippen molar-refractivity contribution in [1.82, 2.24) is 9.97 Å². The highest BCUT2D eigenvalue weighted by atomic mass is 16.5. The van der Waals surface area contributed by atoms with Crippen molar-refractivity contribution >= 4 is 11.8 Å². The van der Waals surface area contributed by atoms with Crippen LogP contribution in [0.5, 0.6) is 5.75 Å². The molecule has 1 N–H and O–H groups in total. The molecule has 2 heterocycles. The highest BCUT2D eigenvalue weighted by Gasteiger charge is 2.20. The van der Waals surface area contributed by atoms with Gasteiger partial charge in [0.05, 0.1) is 12.8 Å². The first-order valence-corrected chi connectivity index (χ1v) is 10.2. The fraction of sp³-hybridized carbons (Fsp3) is 0.333. The Kier molecular flexibility index (Phi) is 5.65. The van der Waals surface area contributed by atoms with Gasteiger partial charge >= 0.3 is 0 Å². The molecule has 29 heavy (non-hydrogen) atoms. The lowest BCUT2D eigenvalue weighted by Gasteiger charge is -2.30. The van der Waals surface area contributed by atoms with Crippen LogP contribution in [0, 0.1) is 0 Å². The summed E-state index contributed by atoms with van der Waals surface area (Å²) in [6, 6.07) is 18.8. The summed E-state index contributed by atoms with van der Waals surface area (Å²) in [6.07, 6.45) is 0.986. The fourth-order valence-corrected chi connectivity index (χ4v) is 3.62. The highest BCUT2D eigenvalue weighted by molar-refractivity contribution is 5.49. The molecular formula is C24H28N4O. The Morgan fingerprint density at radius 3 is 2.62 bits per heavy atom. The Morgan fingerprint density at radius 2 is 1.86 bits per heavy atom. The number of benzene rings is 2. The van der Waals surface area contributed by atoms with Crippen LogP contribution < -0.4 is 15.0 Å². The number of aromatic nitrogens is 2. The number of methoxy groups -OCH3 is 1. The zero-order valence-electron chi connectivity index (χ0n) is 17.4. The Hall–Kier alpha value is -3.08. The first-order chi connectivity index (χ1) is 14.1. The highest BCUT2D eigenvalue weighted by Crippen LogP contribution is 2.28. The lowest BCUT2D eigenvalue weighted by atomic mass is 9.99. The molecule has 0 aliphatic carbocycles. The topological polar surface area (TPSA) is 50.3 Å². The molecule has 0 unspecified atom stereocenters. The van der Waals surface area contributed by atoms with E-state index in [0.717, 1.165) is 36.8 Å². The molecule has 0 atom stereocenters. The van der Waals surface area contributed by atoms with Gasteiger partial charge in [0.2, 0.25) is 5.95 Å². The maximum Gasteiger partial charge on any atom is 0.225 e. The molecule has 3 aromatic rings. The van der Waals surface area contributed by atoms with Crippen molar-refractivity contribution in [2.75, 3.05) is 23.9 Å². The molecule has 1 aromatic heterocycles. The number of rotatable bonds is 6. The molecular weight excluding hydrogens is 360 g/mol. The third-order valence-electron chi connectivity index (χ3n) is 5.37. The molecule has 0 saturated heterocycles. The van der Waals surface area contributed by atoms with Crippen LogP contribution in [0.15, 0.2) is 54.6 Å². The van der Waals surface area contributed by atoms with Gasteiger partial charge in [-0.15, -0.1) is 0 Å². The van der Waals surface area contributed by atoms with Gasteiger partial charge in [-0.2, -0.15) is 4.98 Å². The molecule has 0 fully saturated rings. The maximum absolute atomic E-state index is 5.37. The number of nitrogens with one attached hydrogen (secondary N) is 1. The van der Waals surface area contributed by atoms with Gasteiger partial charge in [0.25, 0.3) is 0 Å². The summed E-state index contributed by atoms with van der Waals surface area (Å²) in [6.45, 7) is 6.85. The molecule has 0 bridgehead atoms. The van der Waals surface area contributed by atoms with Gasteiger partial charge in [-0.05, 0) is 41.2 Å². The van der Waals surface area contributed by atoms with Gasteiger partial charge in [0.1, 0.15) is 11.6 Å². The maximum atomic E-state index is 5.37. The van der Waals surface area contributed by atoms with E-state index in [-0.39, 0.29) is 0 Å². The summed E-state index contributed by atoms with van der Waals surface area (Å²) in [5, 5.41) is 3.40.